The van der Waals surface area contributed by atoms with E-state index in [9.17, 15) is 0 Å². The maximum Gasteiger partial charge on any atom is 0.0955 e. The van der Waals surface area contributed by atoms with Crippen molar-refractivity contribution >= 4 is 11.6 Å². The van der Waals surface area contributed by atoms with E-state index < -0.39 is 0 Å². The van der Waals surface area contributed by atoms with Gasteiger partial charge in [0.05, 0.1) is 31.6 Å². The van der Waals surface area contributed by atoms with Gasteiger partial charge < -0.3 is 4.48 Å². The van der Waals surface area contributed by atoms with Crippen LogP contribution in [-0.4, -0.2) is 36.0 Å². The van der Waals surface area contributed by atoms with Crippen LogP contribution in [0.3, 0.4) is 0 Å². The Labute approximate surface area is 125 Å². The van der Waals surface area contributed by atoms with Gasteiger partial charge >= 0.3 is 0 Å². The molecule has 0 aliphatic carbocycles. The van der Waals surface area contributed by atoms with Crippen molar-refractivity contribution in [2.45, 2.75) is 76.5 Å². The number of unbranched alkanes of at least 4 members (excludes halogenated alkanes) is 7. The van der Waals surface area contributed by atoms with Crippen LogP contribution < -0.4 is 0 Å². The Morgan fingerprint density at radius 2 is 1.47 bits per heavy atom. The minimum Gasteiger partial charge on any atom is -0.322 e. The predicted octanol–water partition coefficient (Wildman–Crippen LogP) is 4.97. The lowest BCUT2D eigenvalue weighted by atomic mass is 9.85. The van der Waals surface area contributed by atoms with E-state index in [0.29, 0.717) is 5.38 Å². The maximum atomic E-state index is 6.50. The molecule has 0 radical (unpaired) electrons. The van der Waals surface area contributed by atoms with Crippen molar-refractivity contribution in [2.24, 2.45) is 5.92 Å². The second-order valence-electron chi connectivity index (χ2n) is 7.02. The smallest absolute Gasteiger partial charge is 0.0955 e. The molecule has 1 atom stereocenters. The number of quaternary nitrogens is 1. The molecule has 3 heterocycles. The SMILES string of the molecule is CCCCCCCCCC[N+]12CCC(CC1)[C@H](Cl)C2. The van der Waals surface area contributed by atoms with E-state index in [0.717, 1.165) is 5.92 Å². The number of piperidine rings is 3. The zero-order valence-corrected chi connectivity index (χ0v) is 13.6. The molecule has 3 rings (SSSR count). The van der Waals surface area contributed by atoms with Crippen LogP contribution in [0.25, 0.3) is 0 Å². The molecule has 0 aromatic heterocycles. The number of rotatable bonds is 9. The third-order valence-corrected chi connectivity index (χ3v) is 6.00. The van der Waals surface area contributed by atoms with E-state index in [1.807, 2.05) is 0 Å². The van der Waals surface area contributed by atoms with Gasteiger partial charge in [0.15, 0.2) is 0 Å². The maximum absolute atomic E-state index is 6.50. The summed E-state index contributed by atoms with van der Waals surface area (Å²) < 4.78 is 1.36. The molecule has 3 aliphatic rings. The highest BCUT2D eigenvalue weighted by Crippen LogP contribution is 2.36. The van der Waals surface area contributed by atoms with E-state index >= 15 is 0 Å². The molecule has 2 heteroatoms. The molecule has 19 heavy (non-hydrogen) atoms. The first kappa shape index (κ1) is 15.6. The fourth-order valence-corrected chi connectivity index (χ4v) is 4.64. The summed E-state index contributed by atoms with van der Waals surface area (Å²) in [5.41, 5.74) is 0. The van der Waals surface area contributed by atoms with Crippen molar-refractivity contribution in [2.75, 3.05) is 26.2 Å². The highest BCUT2D eigenvalue weighted by atomic mass is 35.5. The van der Waals surface area contributed by atoms with Crippen LogP contribution in [-0.2, 0) is 0 Å². The van der Waals surface area contributed by atoms with E-state index in [-0.39, 0.29) is 0 Å². The molecule has 1 nitrogen and oxygen atoms in total. The molecular weight excluding hydrogens is 254 g/mol. The Morgan fingerprint density at radius 1 is 0.895 bits per heavy atom. The second kappa shape index (κ2) is 7.88. The lowest BCUT2D eigenvalue weighted by Gasteiger charge is -2.51. The molecule has 0 unspecified atom stereocenters. The summed E-state index contributed by atoms with van der Waals surface area (Å²) in [7, 11) is 0. The summed E-state index contributed by atoms with van der Waals surface area (Å²) in [5.74, 6) is 0.847. The first-order valence-electron chi connectivity index (χ1n) is 8.75. The molecule has 0 saturated carbocycles. The van der Waals surface area contributed by atoms with Crippen LogP contribution in [0, 0.1) is 5.92 Å². The average molecular weight is 287 g/mol. The number of nitrogens with zero attached hydrogens (tertiary/aromatic N) is 1. The van der Waals surface area contributed by atoms with Gasteiger partial charge in [-0.05, 0) is 18.8 Å². The Morgan fingerprint density at radius 3 is 2.05 bits per heavy atom. The van der Waals surface area contributed by atoms with Crippen LogP contribution in [0.15, 0.2) is 0 Å². The molecule has 0 N–H and O–H groups in total. The van der Waals surface area contributed by atoms with Crippen molar-refractivity contribution < 1.29 is 4.48 Å². The van der Waals surface area contributed by atoms with Gasteiger partial charge in [-0.2, -0.15) is 0 Å². The van der Waals surface area contributed by atoms with Gasteiger partial charge in [0.2, 0.25) is 0 Å². The van der Waals surface area contributed by atoms with Gasteiger partial charge in [-0.3, -0.25) is 0 Å². The van der Waals surface area contributed by atoms with Crippen molar-refractivity contribution in [3.05, 3.63) is 0 Å². The number of alkyl halides is 1. The van der Waals surface area contributed by atoms with Gasteiger partial charge in [0.1, 0.15) is 0 Å². The minimum atomic E-state index is 0.483. The van der Waals surface area contributed by atoms with Gasteiger partial charge in [-0.25, -0.2) is 0 Å². The van der Waals surface area contributed by atoms with Gasteiger partial charge in [0, 0.05) is 12.8 Å². The first-order chi connectivity index (χ1) is 9.26. The van der Waals surface area contributed by atoms with Gasteiger partial charge in [0.25, 0.3) is 0 Å². The Kier molecular flexibility index (Phi) is 6.49. The highest BCUT2D eigenvalue weighted by molar-refractivity contribution is 6.21. The molecule has 2 bridgehead atoms. The van der Waals surface area contributed by atoms with E-state index in [2.05, 4.69) is 6.92 Å². The zero-order valence-electron chi connectivity index (χ0n) is 12.9. The topological polar surface area (TPSA) is 0 Å². The van der Waals surface area contributed by atoms with Crippen molar-refractivity contribution in [1.82, 2.24) is 0 Å². The fourth-order valence-electron chi connectivity index (χ4n) is 4.09. The summed E-state index contributed by atoms with van der Waals surface area (Å²) in [4.78, 5) is 0. The van der Waals surface area contributed by atoms with Crippen LogP contribution in [0.4, 0.5) is 0 Å². The molecule has 3 saturated heterocycles. The summed E-state index contributed by atoms with van der Waals surface area (Å²) in [5, 5.41) is 0.483. The Hall–Kier alpha value is 0.250. The Bertz CT molecular complexity index is 246. The van der Waals surface area contributed by atoms with Gasteiger partial charge in [-0.15, -0.1) is 11.6 Å². The number of hydrogen-bond donors (Lipinski definition) is 0. The summed E-state index contributed by atoms with van der Waals surface area (Å²) >= 11 is 6.50. The van der Waals surface area contributed by atoms with Gasteiger partial charge in [-0.1, -0.05) is 45.4 Å². The van der Waals surface area contributed by atoms with Crippen LogP contribution in [0.5, 0.6) is 0 Å². The van der Waals surface area contributed by atoms with E-state index in [1.54, 1.807) is 0 Å². The standard InChI is InChI=1S/C17H33ClN/c1-2-3-4-5-6-7-8-9-12-19-13-10-16(11-14-19)17(18)15-19/h16-17H,2-15H2,1H3/q+1/t16?,17-,19?/m1/s1. The molecular formula is C17H33ClN+. The highest BCUT2D eigenvalue weighted by Gasteiger charge is 2.44. The van der Waals surface area contributed by atoms with E-state index in [4.69, 9.17) is 11.6 Å². The molecule has 0 aromatic carbocycles. The fraction of sp³-hybridized carbons (Fsp3) is 1.00. The van der Waals surface area contributed by atoms with E-state index in [1.165, 1.54) is 94.9 Å². The first-order valence-corrected chi connectivity index (χ1v) is 9.18. The lowest BCUT2D eigenvalue weighted by Crippen LogP contribution is -2.62. The third-order valence-electron chi connectivity index (χ3n) is 5.51. The predicted molar refractivity (Wildman–Crippen MR) is 84.7 cm³/mol. The summed E-state index contributed by atoms with van der Waals surface area (Å²) in [6.45, 7) is 7.81. The molecule has 0 aromatic rings. The number of fused-ring (bicyclic) bond motifs is 3. The molecule has 112 valence electrons. The molecule has 3 fully saturated rings. The quantitative estimate of drug-likeness (QED) is 0.319. The normalized spacial score (nSPS) is 33.8. The van der Waals surface area contributed by atoms with Crippen LogP contribution >= 0.6 is 11.6 Å². The Balaban J connectivity index is 1.53. The lowest BCUT2D eigenvalue weighted by molar-refractivity contribution is -0.942. The number of halogens is 1. The largest absolute Gasteiger partial charge is 0.322 e. The van der Waals surface area contributed by atoms with Crippen LogP contribution in [0.2, 0.25) is 0 Å². The van der Waals surface area contributed by atoms with Crippen LogP contribution in [0.1, 0.15) is 71.1 Å². The average Bonchev–Trinajstić information content (AvgIpc) is 2.43. The number of hydrogen-bond acceptors (Lipinski definition) is 0. The molecule has 0 spiro atoms. The van der Waals surface area contributed by atoms with Crippen molar-refractivity contribution in [3.63, 3.8) is 0 Å². The monoisotopic (exact) mass is 286 g/mol. The zero-order chi connectivity index (χ0) is 13.6. The molecule has 0 amide bonds. The molecule has 3 aliphatic heterocycles. The van der Waals surface area contributed by atoms with Crippen molar-refractivity contribution in [3.8, 4) is 0 Å². The second-order valence-corrected chi connectivity index (χ2v) is 7.58. The summed E-state index contributed by atoms with van der Waals surface area (Å²) in [6, 6.07) is 0. The third kappa shape index (κ3) is 4.63. The van der Waals surface area contributed by atoms with Crippen molar-refractivity contribution in [1.29, 1.82) is 0 Å². The minimum absolute atomic E-state index is 0.483. The summed E-state index contributed by atoms with van der Waals surface area (Å²) in [6.07, 6.45) is 14.3.